The normalized spacial score (nSPS) is 12.0. The first-order valence-electron chi connectivity index (χ1n) is 5.78. The average Bonchev–Trinajstić information content (AvgIpc) is 2.74. The van der Waals surface area contributed by atoms with Gasteiger partial charge in [0.05, 0.1) is 5.54 Å². The maximum atomic E-state index is 6.16. The second-order valence-electron chi connectivity index (χ2n) is 3.98. The van der Waals surface area contributed by atoms with Gasteiger partial charge in [0.1, 0.15) is 0 Å². The van der Waals surface area contributed by atoms with Gasteiger partial charge < -0.3 is 10.3 Å². The lowest BCUT2D eigenvalue weighted by Gasteiger charge is -2.20. The van der Waals surface area contributed by atoms with Gasteiger partial charge >= 0.3 is 0 Å². The minimum Gasteiger partial charge on any atom is -0.337 e. The number of hydrogen-bond acceptors (Lipinski definition) is 4. The molecule has 4 heteroatoms. The van der Waals surface area contributed by atoms with Crippen molar-refractivity contribution in [3.05, 3.63) is 11.7 Å². The first kappa shape index (κ1) is 12.2. The zero-order chi connectivity index (χ0) is 11.3. The molecule has 0 aliphatic rings. The Morgan fingerprint density at radius 3 is 2.47 bits per heavy atom. The van der Waals surface area contributed by atoms with E-state index in [-0.39, 0.29) is 0 Å². The molecule has 0 saturated carbocycles. The second-order valence-corrected chi connectivity index (χ2v) is 3.98. The second kappa shape index (κ2) is 5.26. The number of nitrogens with zero attached hydrogens (tertiary/aromatic N) is 2. The molecule has 0 aromatic carbocycles. The Morgan fingerprint density at radius 1 is 1.27 bits per heavy atom. The van der Waals surface area contributed by atoms with E-state index in [1.165, 1.54) is 0 Å². The summed E-state index contributed by atoms with van der Waals surface area (Å²) in [7, 11) is 0. The Balaban J connectivity index is 2.74. The standard InChI is InChI=1S/C11H21N3O/c1-4-7-8-9-13-10(15-14-9)11(12,5-2)6-3/h4-8,12H2,1-3H3. The van der Waals surface area contributed by atoms with E-state index >= 15 is 0 Å². The summed E-state index contributed by atoms with van der Waals surface area (Å²) in [5.74, 6) is 1.36. The Morgan fingerprint density at radius 2 is 1.93 bits per heavy atom. The summed E-state index contributed by atoms with van der Waals surface area (Å²) in [6, 6.07) is 0. The fourth-order valence-electron chi connectivity index (χ4n) is 1.45. The highest BCUT2D eigenvalue weighted by atomic mass is 16.5. The van der Waals surface area contributed by atoms with Gasteiger partial charge in [-0.2, -0.15) is 4.98 Å². The smallest absolute Gasteiger partial charge is 0.246 e. The minimum absolute atomic E-state index is 0.447. The third-order valence-electron chi connectivity index (χ3n) is 2.91. The number of aromatic nitrogens is 2. The van der Waals surface area contributed by atoms with E-state index < -0.39 is 5.54 Å². The van der Waals surface area contributed by atoms with Crippen molar-refractivity contribution in [2.45, 2.75) is 58.4 Å². The molecule has 15 heavy (non-hydrogen) atoms. The van der Waals surface area contributed by atoms with Crippen molar-refractivity contribution in [1.82, 2.24) is 10.1 Å². The quantitative estimate of drug-likeness (QED) is 0.784. The SMILES string of the molecule is CCCCc1noc(C(N)(CC)CC)n1. The van der Waals surface area contributed by atoms with E-state index in [1.54, 1.807) is 0 Å². The highest BCUT2D eigenvalue weighted by Gasteiger charge is 2.29. The van der Waals surface area contributed by atoms with Crippen LogP contribution in [0.5, 0.6) is 0 Å². The molecule has 2 N–H and O–H groups in total. The summed E-state index contributed by atoms with van der Waals surface area (Å²) in [5.41, 5.74) is 5.72. The average molecular weight is 211 g/mol. The van der Waals surface area contributed by atoms with E-state index in [4.69, 9.17) is 10.3 Å². The molecular formula is C11H21N3O. The topological polar surface area (TPSA) is 64.9 Å². The summed E-state index contributed by atoms with van der Waals surface area (Å²) < 4.78 is 5.22. The summed E-state index contributed by atoms with van der Waals surface area (Å²) in [4.78, 5) is 4.36. The number of aryl methyl sites for hydroxylation is 1. The highest BCUT2D eigenvalue weighted by Crippen LogP contribution is 2.23. The Hall–Kier alpha value is -0.900. The lowest BCUT2D eigenvalue weighted by molar-refractivity contribution is 0.266. The number of unbranched alkanes of at least 4 members (excludes halogenated alkanes) is 1. The summed E-state index contributed by atoms with van der Waals surface area (Å²) in [5, 5.41) is 3.95. The first-order valence-corrected chi connectivity index (χ1v) is 5.78. The largest absolute Gasteiger partial charge is 0.337 e. The van der Waals surface area contributed by atoms with Gasteiger partial charge in [0.25, 0.3) is 0 Å². The van der Waals surface area contributed by atoms with Crippen LogP contribution in [-0.4, -0.2) is 10.1 Å². The van der Waals surface area contributed by atoms with Crippen molar-refractivity contribution in [3.8, 4) is 0 Å². The molecular weight excluding hydrogens is 190 g/mol. The van der Waals surface area contributed by atoms with Crippen LogP contribution in [0.25, 0.3) is 0 Å². The monoisotopic (exact) mass is 211 g/mol. The molecule has 0 unspecified atom stereocenters. The predicted octanol–water partition coefficient (Wildman–Crippen LogP) is 2.39. The molecule has 1 aromatic rings. The van der Waals surface area contributed by atoms with E-state index in [1.807, 2.05) is 13.8 Å². The van der Waals surface area contributed by atoms with Crippen LogP contribution >= 0.6 is 0 Å². The van der Waals surface area contributed by atoms with Gasteiger partial charge in [-0.15, -0.1) is 0 Å². The zero-order valence-corrected chi connectivity index (χ0v) is 9.92. The summed E-state index contributed by atoms with van der Waals surface area (Å²) in [6.07, 6.45) is 4.75. The number of nitrogens with two attached hydrogens (primary N) is 1. The van der Waals surface area contributed by atoms with Gasteiger partial charge in [-0.25, -0.2) is 0 Å². The molecule has 0 aliphatic carbocycles. The highest BCUT2D eigenvalue weighted by molar-refractivity contribution is 5.01. The molecule has 0 radical (unpaired) electrons. The molecule has 0 amide bonds. The molecule has 1 rings (SSSR count). The van der Waals surface area contributed by atoms with Crippen LogP contribution in [0.1, 0.15) is 58.2 Å². The summed E-state index contributed by atoms with van der Waals surface area (Å²) >= 11 is 0. The van der Waals surface area contributed by atoms with Crippen molar-refractivity contribution in [3.63, 3.8) is 0 Å². The predicted molar refractivity (Wildman–Crippen MR) is 59.4 cm³/mol. The minimum atomic E-state index is -0.447. The van der Waals surface area contributed by atoms with E-state index in [2.05, 4.69) is 17.1 Å². The number of hydrogen-bond donors (Lipinski definition) is 1. The molecule has 0 aliphatic heterocycles. The number of rotatable bonds is 6. The Bertz CT molecular complexity index is 292. The van der Waals surface area contributed by atoms with Gasteiger partial charge in [-0.05, 0) is 19.3 Å². The van der Waals surface area contributed by atoms with Crippen molar-refractivity contribution in [2.75, 3.05) is 0 Å². The van der Waals surface area contributed by atoms with Gasteiger partial charge in [-0.3, -0.25) is 0 Å². The lowest BCUT2D eigenvalue weighted by Crippen LogP contribution is -2.35. The maximum Gasteiger partial charge on any atom is 0.246 e. The van der Waals surface area contributed by atoms with Crippen LogP contribution in [-0.2, 0) is 12.0 Å². The summed E-state index contributed by atoms with van der Waals surface area (Å²) in [6.45, 7) is 6.23. The first-order chi connectivity index (χ1) is 7.16. The van der Waals surface area contributed by atoms with Crippen LogP contribution in [0.15, 0.2) is 4.52 Å². The Labute approximate surface area is 91.2 Å². The molecule has 0 fully saturated rings. The third kappa shape index (κ3) is 2.78. The van der Waals surface area contributed by atoms with Crippen molar-refractivity contribution >= 4 is 0 Å². The molecule has 4 nitrogen and oxygen atoms in total. The molecule has 0 bridgehead atoms. The fraction of sp³-hybridized carbons (Fsp3) is 0.818. The van der Waals surface area contributed by atoms with Crippen molar-refractivity contribution in [2.24, 2.45) is 5.73 Å². The maximum absolute atomic E-state index is 6.16. The van der Waals surface area contributed by atoms with Crippen LogP contribution in [0.4, 0.5) is 0 Å². The molecule has 0 saturated heterocycles. The van der Waals surface area contributed by atoms with Crippen LogP contribution in [0, 0.1) is 0 Å². The van der Waals surface area contributed by atoms with E-state index in [0.29, 0.717) is 5.89 Å². The molecule has 0 spiro atoms. The Kier molecular flexibility index (Phi) is 4.27. The van der Waals surface area contributed by atoms with E-state index in [9.17, 15) is 0 Å². The molecule has 0 atom stereocenters. The van der Waals surface area contributed by atoms with Gasteiger partial charge in [0.2, 0.25) is 5.89 Å². The van der Waals surface area contributed by atoms with Gasteiger partial charge in [0, 0.05) is 6.42 Å². The van der Waals surface area contributed by atoms with Crippen LogP contribution < -0.4 is 5.73 Å². The third-order valence-corrected chi connectivity index (χ3v) is 2.91. The zero-order valence-electron chi connectivity index (χ0n) is 9.92. The molecule has 1 heterocycles. The van der Waals surface area contributed by atoms with Crippen molar-refractivity contribution in [1.29, 1.82) is 0 Å². The fourth-order valence-corrected chi connectivity index (χ4v) is 1.45. The van der Waals surface area contributed by atoms with Crippen LogP contribution in [0.2, 0.25) is 0 Å². The lowest BCUT2D eigenvalue weighted by atomic mass is 9.94. The molecule has 1 aromatic heterocycles. The van der Waals surface area contributed by atoms with E-state index in [0.717, 1.165) is 37.9 Å². The van der Waals surface area contributed by atoms with Crippen LogP contribution in [0.3, 0.4) is 0 Å². The molecule has 86 valence electrons. The van der Waals surface area contributed by atoms with Gasteiger partial charge in [0.15, 0.2) is 5.82 Å². The van der Waals surface area contributed by atoms with Crippen molar-refractivity contribution < 1.29 is 4.52 Å². The van der Waals surface area contributed by atoms with Gasteiger partial charge in [-0.1, -0.05) is 32.3 Å².